The molecule has 2 rings (SSSR count). The number of aromatic nitrogens is 2. The van der Waals surface area contributed by atoms with Gasteiger partial charge in [-0.2, -0.15) is 4.98 Å². The summed E-state index contributed by atoms with van der Waals surface area (Å²) in [6.07, 6.45) is -0.972. The second-order valence-corrected chi connectivity index (χ2v) is 5.12. The van der Waals surface area contributed by atoms with E-state index in [1.807, 2.05) is 0 Å². The van der Waals surface area contributed by atoms with E-state index in [1.54, 1.807) is 11.1 Å². The molecule has 0 atom stereocenters. The number of amides is 1. The molecule has 110 valence electrons. The molecule has 20 heavy (non-hydrogen) atoms. The van der Waals surface area contributed by atoms with Gasteiger partial charge in [-0.3, -0.25) is 4.79 Å². The highest BCUT2D eigenvalue weighted by Crippen LogP contribution is 2.27. The quantitative estimate of drug-likeness (QED) is 0.860. The minimum Gasteiger partial charge on any atom is -0.480 e. The van der Waals surface area contributed by atoms with E-state index >= 15 is 0 Å². The van der Waals surface area contributed by atoms with Crippen molar-refractivity contribution in [1.82, 2.24) is 15.3 Å². The Morgan fingerprint density at radius 2 is 2.35 bits per heavy atom. The van der Waals surface area contributed by atoms with Crippen LogP contribution in [-0.4, -0.2) is 49.0 Å². The van der Waals surface area contributed by atoms with Crippen molar-refractivity contribution in [1.29, 1.82) is 0 Å². The molecule has 0 unspecified atom stereocenters. The lowest BCUT2D eigenvalue weighted by molar-refractivity contribution is -0.126. The summed E-state index contributed by atoms with van der Waals surface area (Å²) in [6, 6.07) is 0. The molecule has 0 aromatic carbocycles. The van der Waals surface area contributed by atoms with E-state index in [1.165, 1.54) is 7.11 Å². The molecule has 6 nitrogen and oxygen atoms in total. The Balaban J connectivity index is 1.88. The third-order valence-corrected chi connectivity index (χ3v) is 3.40. The van der Waals surface area contributed by atoms with Crippen molar-refractivity contribution in [3.8, 4) is 5.88 Å². The molecule has 0 radical (unpaired) electrons. The zero-order valence-electron chi connectivity index (χ0n) is 10.6. The number of carbonyl (C=O) groups is 1. The number of carbonyl (C=O) groups excluding carboxylic acids is 1. The Kier molecular flexibility index (Phi) is 4.69. The van der Waals surface area contributed by atoms with Gasteiger partial charge in [0.2, 0.25) is 17.7 Å². The molecule has 0 saturated carbocycles. The predicted octanol–water partition coefficient (Wildman–Crippen LogP) is 1.07. The van der Waals surface area contributed by atoms with Crippen molar-refractivity contribution in [3.05, 3.63) is 10.7 Å². The van der Waals surface area contributed by atoms with Crippen LogP contribution in [0.3, 0.4) is 0 Å². The molecule has 1 aliphatic rings. The maximum absolute atomic E-state index is 12.0. The van der Waals surface area contributed by atoms with Crippen LogP contribution in [0.4, 0.5) is 14.7 Å². The van der Waals surface area contributed by atoms with Gasteiger partial charge in [0, 0.05) is 13.1 Å². The van der Waals surface area contributed by atoms with E-state index in [2.05, 4.69) is 31.2 Å². The van der Waals surface area contributed by atoms with Gasteiger partial charge in [-0.05, 0) is 15.9 Å². The summed E-state index contributed by atoms with van der Waals surface area (Å²) in [6.45, 7) is 0.192. The molecule has 1 aromatic heterocycles. The van der Waals surface area contributed by atoms with Gasteiger partial charge in [0.15, 0.2) is 0 Å². The topological polar surface area (TPSA) is 67.3 Å². The van der Waals surface area contributed by atoms with Crippen LogP contribution in [0.1, 0.15) is 0 Å². The summed E-state index contributed by atoms with van der Waals surface area (Å²) in [5, 5.41) is 2.20. The Morgan fingerprint density at radius 1 is 1.65 bits per heavy atom. The van der Waals surface area contributed by atoms with Crippen molar-refractivity contribution in [2.24, 2.45) is 5.92 Å². The third-order valence-electron chi connectivity index (χ3n) is 2.86. The van der Waals surface area contributed by atoms with E-state index in [9.17, 15) is 13.6 Å². The first-order valence-electron chi connectivity index (χ1n) is 5.88. The van der Waals surface area contributed by atoms with Crippen LogP contribution >= 0.6 is 15.9 Å². The first-order chi connectivity index (χ1) is 9.51. The number of nitrogens with one attached hydrogen (secondary N) is 1. The fourth-order valence-electron chi connectivity index (χ4n) is 1.77. The number of methoxy groups -OCH3 is 1. The maximum atomic E-state index is 12.0. The Labute approximate surface area is 122 Å². The van der Waals surface area contributed by atoms with Gasteiger partial charge in [-0.15, -0.1) is 0 Å². The minimum absolute atomic E-state index is 0.313. The van der Waals surface area contributed by atoms with Crippen molar-refractivity contribution in [3.63, 3.8) is 0 Å². The van der Waals surface area contributed by atoms with Gasteiger partial charge in [0.05, 0.1) is 30.2 Å². The van der Waals surface area contributed by atoms with Crippen LogP contribution in [-0.2, 0) is 4.79 Å². The van der Waals surface area contributed by atoms with Gasteiger partial charge >= 0.3 is 0 Å². The molecule has 1 saturated heterocycles. The first kappa shape index (κ1) is 14.9. The van der Waals surface area contributed by atoms with E-state index in [0.29, 0.717) is 29.4 Å². The molecule has 1 fully saturated rings. The SMILES string of the molecule is COc1nc(N2CC(C(=O)NCC(F)F)C2)ncc1Br. The molecule has 1 N–H and O–H groups in total. The fourth-order valence-corrected chi connectivity index (χ4v) is 2.12. The lowest BCUT2D eigenvalue weighted by Crippen LogP contribution is -2.54. The Morgan fingerprint density at radius 3 is 2.95 bits per heavy atom. The van der Waals surface area contributed by atoms with Crippen molar-refractivity contribution < 1.29 is 18.3 Å². The summed E-state index contributed by atoms with van der Waals surface area (Å²) >= 11 is 3.25. The standard InChI is InChI=1S/C11H13BrF2N4O2/c1-20-10-7(12)2-16-11(17-10)18-4-6(5-18)9(19)15-3-8(13)14/h2,6,8H,3-5H2,1H3,(H,15,19). The van der Waals surface area contributed by atoms with Gasteiger partial charge in [-0.1, -0.05) is 0 Å². The van der Waals surface area contributed by atoms with Crippen LogP contribution in [0.2, 0.25) is 0 Å². The second-order valence-electron chi connectivity index (χ2n) is 4.27. The van der Waals surface area contributed by atoms with Crippen molar-refractivity contribution >= 4 is 27.8 Å². The molecular weight excluding hydrogens is 338 g/mol. The fraction of sp³-hybridized carbons (Fsp3) is 0.545. The highest BCUT2D eigenvalue weighted by Gasteiger charge is 2.34. The summed E-state index contributed by atoms with van der Waals surface area (Å²) in [4.78, 5) is 21.6. The Hall–Kier alpha value is -1.51. The monoisotopic (exact) mass is 350 g/mol. The van der Waals surface area contributed by atoms with E-state index in [-0.39, 0.29) is 11.8 Å². The molecule has 0 aliphatic carbocycles. The normalized spacial score (nSPS) is 15.2. The van der Waals surface area contributed by atoms with Crippen LogP contribution in [0.25, 0.3) is 0 Å². The summed E-state index contributed by atoms with van der Waals surface area (Å²) in [5.41, 5.74) is 0. The second kappa shape index (κ2) is 6.29. The first-order valence-corrected chi connectivity index (χ1v) is 6.68. The smallest absolute Gasteiger partial charge is 0.255 e. The molecule has 1 aliphatic heterocycles. The van der Waals surface area contributed by atoms with E-state index < -0.39 is 13.0 Å². The number of alkyl halides is 2. The molecule has 0 spiro atoms. The average molecular weight is 351 g/mol. The molecule has 1 amide bonds. The number of hydrogen-bond acceptors (Lipinski definition) is 5. The highest BCUT2D eigenvalue weighted by molar-refractivity contribution is 9.10. The number of halogens is 3. The van der Waals surface area contributed by atoms with Gasteiger partial charge in [0.25, 0.3) is 6.43 Å². The van der Waals surface area contributed by atoms with Crippen LogP contribution in [0, 0.1) is 5.92 Å². The van der Waals surface area contributed by atoms with E-state index in [4.69, 9.17) is 4.74 Å². The van der Waals surface area contributed by atoms with Crippen LogP contribution in [0.15, 0.2) is 10.7 Å². The van der Waals surface area contributed by atoms with Crippen molar-refractivity contribution in [2.45, 2.75) is 6.43 Å². The van der Waals surface area contributed by atoms with Gasteiger partial charge < -0.3 is 15.0 Å². The molecule has 0 bridgehead atoms. The Bertz CT molecular complexity index is 497. The van der Waals surface area contributed by atoms with Crippen molar-refractivity contribution in [2.75, 3.05) is 31.6 Å². The predicted molar refractivity (Wildman–Crippen MR) is 71.0 cm³/mol. The molecule has 2 heterocycles. The number of nitrogens with zero attached hydrogens (tertiary/aromatic N) is 3. The molecule has 1 aromatic rings. The number of hydrogen-bond donors (Lipinski definition) is 1. The summed E-state index contributed by atoms with van der Waals surface area (Å²) in [7, 11) is 1.49. The zero-order chi connectivity index (χ0) is 14.7. The molecular formula is C11H13BrF2N4O2. The van der Waals surface area contributed by atoms with Gasteiger partial charge in [0.1, 0.15) is 0 Å². The number of anilines is 1. The lowest BCUT2D eigenvalue weighted by atomic mass is 10.00. The van der Waals surface area contributed by atoms with Crippen LogP contribution < -0.4 is 15.0 Å². The van der Waals surface area contributed by atoms with Gasteiger partial charge in [-0.25, -0.2) is 13.8 Å². The lowest BCUT2D eigenvalue weighted by Gasteiger charge is -2.38. The van der Waals surface area contributed by atoms with E-state index in [0.717, 1.165) is 0 Å². The largest absolute Gasteiger partial charge is 0.480 e. The summed E-state index contributed by atoms with van der Waals surface area (Å²) in [5.74, 6) is 0.168. The van der Waals surface area contributed by atoms with Crippen LogP contribution in [0.5, 0.6) is 5.88 Å². The summed E-state index contributed by atoms with van der Waals surface area (Å²) < 4.78 is 29.7. The molecule has 9 heteroatoms. The number of ether oxygens (including phenoxy) is 1. The zero-order valence-corrected chi connectivity index (χ0v) is 12.2. The minimum atomic E-state index is -2.53. The number of rotatable bonds is 5. The third kappa shape index (κ3) is 3.33. The average Bonchev–Trinajstić information content (AvgIpc) is 2.36. The highest BCUT2D eigenvalue weighted by atomic mass is 79.9. The maximum Gasteiger partial charge on any atom is 0.255 e.